The average molecular weight is 160 g/mol. The average Bonchev–Trinajstić information content (AvgIpc) is 1.87. The molecule has 0 spiro atoms. The Morgan fingerprint density at radius 3 is 2.55 bits per heavy atom. The molecule has 0 aromatic carbocycles. The van der Waals surface area contributed by atoms with E-state index in [0.29, 0.717) is 0 Å². The molecule has 0 radical (unpaired) electrons. The van der Waals surface area contributed by atoms with Crippen LogP contribution in [0.4, 0.5) is 4.79 Å². The SMILES string of the molecule is C=COC(=O)OC(C)C(=O)O. The second-order valence-electron chi connectivity index (χ2n) is 1.63. The van der Waals surface area contributed by atoms with Crippen LogP contribution >= 0.6 is 0 Å². The number of hydrogen-bond acceptors (Lipinski definition) is 4. The van der Waals surface area contributed by atoms with Gasteiger partial charge in [0.25, 0.3) is 0 Å². The Kier molecular flexibility index (Phi) is 3.72. The van der Waals surface area contributed by atoms with Gasteiger partial charge in [0.05, 0.1) is 6.26 Å². The number of carbonyl (C=O) groups excluding carboxylic acids is 1. The van der Waals surface area contributed by atoms with Gasteiger partial charge in [0.1, 0.15) is 0 Å². The molecule has 0 saturated heterocycles. The Morgan fingerprint density at radius 2 is 2.18 bits per heavy atom. The van der Waals surface area contributed by atoms with E-state index in [9.17, 15) is 9.59 Å². The molecule has 0 aliphatic rings. The van der Waals surface area contributed by atoms with Crippen molar-refractivity contribution in [3.8, 4) is 0 Å². The van der Waals surface area contributed by atoms with E-state index in [4.69, 9.17) is 5.11 Å². The third kappa shape index (κ3) is 3.96. The zero-order valence-electron chi connectivity index (χ0n) is 5.94. The second kappa shape index (κ2) is 4.32. The quantitative estimate of drug-likeness (QED) is 0.487. The van der Waals surface area contributed by atoms with Gasteiger partial charge in [-0.05, 0) is 6.92 Å². The van der Waals surface area contributed by atoms with Gasteiger partial charge in [-0.3, -0.25) is 0 Å². The molecule has 1 atom stereocenters. The topological polar surface area (TPSA) is 72.8 Å². The van der Waals surface area contributed by atoms with Gasteiger partial charge in [0, 0.05) is 0 Å². The molecule has 0 bridgehead atoms. The van der Waals surface area contributed by atoms with Crippen LogP contribution < -0.4 is 0 Å². The zero-order valence-corrected chi connectivity index (χ0v) is 5.94. The van der Waals surface area contributed by atoms with Crippen molar-refractivity contribution in [1.82, 2.24) is 0 Å². The van der Waals surface area contributed by atoms with Crippen molar-refractivity contribution in [2.24, 2.45) is 0 Å². The fourth-order valence-corrected chi connectivity index (χ4v) is 0.291. The third-order valence-electron chi connectivity index (χ3n) is 0.800. The predicted octanol–water partition coefficient (Wildman–Crippen LogP) is 0.756. The van der Waals surface area contributed by atoms with E-state index < -0.39 is 18.2 Å². The van der Waals surface area contributed by atoms with Gasteiger partial charge in [0.2, 0.25) is 0 Å². The molecular weight excluding hydrogens is 152 g/mol. The van der Waals surface area contributed by atoms with Crippen LogP contribution in [0.2, 0.25) is 0 Å². The van der Waals surface area contributed by atoms with Crippen LogP contribution in [0.3, 0.4) is 0 Å². The molecule has 0 saturated carbocycles. The van der Waals surface area contributed by atoms with Gasteiger partial charge in [-0.2, -0.15) is 0 Å². The molecule has 62 valence electrons. The fourth-order valence-electron chi connectivity index (χ4n) is 0.291. The Morgan fingerprint density at radius 1 is 1.64 bits per heavy atom. The highest BCUT2D eigenvalue weighted by molar-refractivity contribution is 5.75. The maximum absolute atomic E-state index is 10.4. The van der Waals surface area contributed by atoms with E-state index in [1.54, 1.807) is 0 Å². The van der Waals surface area contributed by atoms with Gasteiger partial charge in [-0.1, -0.05) is 6.58 Å². The first-order chi connectivity index (χ1) is 5.07. The largest absolute Gasteiger partial charge is 0.514 e. The standard InChI is InChI=1S/C6H8O5/c1-3-10-6(9)11-4(2)5(7)8/h3-4H,1H2,2H3,(H,7,8). The fraction of sp³-hybridized carbons (Fsp3) is 0.333. The maximum Gasteiger partial charge on any atom is 0.514 e. The first kappa shape index (κ1) is 9.48. The molecule has 5 heteroatoms. The van der Waals surface area contributed by atoms with Crippen molar-refractivity contribution in [2.75, 3.05) is 0 Å². The molecule has 0 fully saturated rings. The molecule has 0 aliphatic heterocycles. The monoisotopic (exact) mass is 160 g/mol. The van der Waals surface area contributed by atoms with Crippen molar-refractivity contribution in [1.29, 1.82) is 0 Å². The summed E-state index contributed by atoms with van der Waals surface area (Å²) in [5, 5.41) is 8.24. The number of ether oxygens (including phenoxy) is 2. The number of aliphatic carboxylic acids is 1. The van der Waals surface area contributed by atoms with Crippen LogP contribution in [0, 0.1) is 0 Å². The van der Waals surface area contributed by atoms with E-state index in [1.807, 2.05) is 0 Å². The van der Waals surface area contributed by atoms with E-state index in [2.05, 4.69) is 16.1 Å². The summed E-state index contributed by atoms with van der Waals surface area (Å²) in [6, 6.07) is 0. The number of carboxylic acid groups (broad SMARTS) is 1. The summed E-state index contributed by atoms with van der Waals surface area (Å²) in [7, 11) is 0. The van der Waals surface area contributed by atoms with Crippen molar-refractivity contribution in [3.63, 3.8) is 0 Å². The first-order valence-electron chi connectivity index (χ1n) is 2.79. The van der Waals surface area contributed by atoms with Gasteiger partial charge in [-0.15, -0.1) is 0 Å². The van der Waals surface area contributed by atoms with Crippen molar-refractivity contribution >= 4 is 12.1 Å². The molecule has 0 aromatic rings. The summed E-state index contributed by atoms with van der Waals surface area (Å²) >= 11 is 0. The normalized spacial score (nSPS) is 11.4. The lowest BCUT2D eigenvalue weighted by atomic mass is 10.4. The molecule has 0 aromatic heterocycles. The molecule has 0 amide bonds. The Hall–Kier alpha value is -1.52. The Labute approximate surface area is 63.2 Å². The number of rotatable bonds is 3. The summed E-state index contributed by atoms with van der Waals surface area (Å²) in [6.07, 6.45) is -1.42. The summed E-state index contributed by atoms with van der Waals surface area (Å²) < 4.78 is 8.32. The third-order valence-corrected chi connectivity index (χ3v) is 0.800. The van der Waals surface area contributed by atoms with Crippen molar-refractivity contribution in [3.05, 3.63) is 12.8 Å². The van der Waals surface area contributed by atoms with E-state index in [-0.39, 0.29) is 0 Å². The maximum atomic E-state index is 10.4. The minimum atomic E-state index is -1.23. The molecule has 0 heterocycles. The van der Waals surface area contributed by atoms with Crippen LogP contribution in [0.25, 0.3) is 0 Å². The van der Waals surface area contributed by atoms with Gasteiger partial charge < -0.3 is 14.6 Å². The molecular formula is C6H8O5. The Balaban J connectivity index is 3.74. The smallest absolute Gasteiger partial charge is 0.479 e. The summed E-state index contributed by atoms with van der Waals surface area (Å²) in [6.45, 7) is 4.30. The summed E-state index contributed by atoms with van der Waals surface area (Å²) in [5.41, 5.74) is 0. The molecule has 0 aliphatic carbocycles. The highest BCUT2D eigenvalue weighted by Crippen LogP contribution is 1.93. The van der Waals surface area contributed by atoms with E-state index in [0.717, 1.165) is 6.26 Å². The lowest BCUT2D eigenvalue weighted by molar-refractivity contribution is -0.146. The minimum Gasteiger partial charge on any atom is -0.479 e. The highest BCUT2D eigenvalue weighted by Gasteiger charge is 2.16. The van der Waals surface area contributed by atoms with Crippen LogP contribution in [-0.4, -0.2) is 23.3 Å². The number of carbonyl (C=O) groups is 2. The second-order valence-corrected chi connectivity index (χ2v) is 1.63. The van der Waals surface area contributed by atoms with Crippen LogP contribution in [-0.2, 0) is 14.3 Å². The molecule has 0 rings (SSSR count). The summed E-state index contributed by atoms with van der Waals surface area (Å²) in [4.78, 5) is 20.5. The lowest BCUT2D eigenvalue weighted by Crippen LogP contribution is -2.23. The number of hydrogen-bond donors (Lipinski definition) is 1. The number of carboxylic acids is 1. The van der Waals surface area contributed by atoms with Crippen LogP contribution in [0.1, 0.15) is 6.92 Å². The lowest BCUT2D eigenvalue weighted by Gasteiger charge is -2.05. The van der Waals surface area contributed by atoms with Crippen molar-refractivity contribution in [2.45, 2.75) is 13.0 Å². The van der Waals surface area contributed by atoms with E-state index >= 15 is 0 Å². The van der Waals surface area contributed by atoms with Gasteiger partial charge >= 0.3 is 12.1 Å². The van der Waals surface area contributed by atoms with Gasteiger partial charge in [0.15, 0.2) is 6.10 Å². The van der Waals surface area contributed by atoms with E-state index in [1.165, 1.54) is 6.92 Å². The Bertz CT molecular complexity index is 174. The summed E-state index contributed by atoms with van der Waals surface area (Å²) in [5.74, 6) is -1.23. The zero-order chi connectivity index (χ0) is 8.85. The van der Waals surface area contributed by atoms with Crippen LogP contribution in [0.15, 0.2) is 12.8 Å². The van der Waals surface area contributed by atoms with Crippen LogP contribution in [0.5, 0.6) is 0 Å². The van der Waals surface area contributed by atoms with Gasteiger partial charge in [-0.25, -0.2) is 9.59 Å². The molecule has 1 N–H and O–H groups in total. The van der Waals surface area contributed by atoms with Crippen molar-refractivity contribution < 1.29 is 24.2 Å². The minimum absolute atomic E-state index is 0.858. The molecule has 5 nitrogen and oxygen atoms in total. The molecule has 1 unspecified atom stereocenters. The predicted molar refractivity (Wildman–Crippen MR) is 34.9 cm³/mol. The molecule has 11 heavy (non-hydrogen) atoms. The first-order valence-corrected chi connectivity index (χ1v) is 2.79. The highest BCUT2D eigenvalue weighted by atomic mass is 16.7.